The van der Waals surface area contributed by atoms with Crippen molar-refractivity contribution in [1.29, 1.82) is 0 Å². The molecular weight excluding hydrogens is 274 g/mol. The maximum atomic E-state index is 3.58. The molecule has 1 aliphatic carbocycles. The summed E-state index contributed by atoms with van der Waals surface area (Å²) in [6.45, 7) is 2.09. The van der Waals surface area contributed by atoms with Gasteiger partial charge in [0.15, 0.2) is 0 Å². The fraction of sp³-hybridized carbons (Fsp3) is 0.368. The predicted molar refractivity (Wildman–Crippen MR) is 92.6 cm³/mol. The summed E-state index contributed by atoms with van der Waals surface area (Å²) in [4.78, 5) is 2.79. The number of rotatable bonds is 6. The smallest absolute Gasteiger partial charge is 0.0346 e. The van der Waals surface area contributed by atoms with E-state index in [1.54, 1.807) is 5.57 Å². The largest absolute Gasteiger partial charge is 0.312 e. The van der Waals surface area contributed by atoms with Crippen molar-refractivity contribution in [2.75, 3.05) is 6.54 Å². The molecule has 0 saturated heterocycles. The van der Waals surface area contributed by atoms with Crippen LogP contribution in [-0.2, 0) is 6.54 Å². The minimum atomic E-state index is 0.991. The molecule has 110 valence electrons. The Labute approximate surface area is 131 Å². The van der Waals surface area contributed by atoms with Gasteiger partial charge in [0, 0.05) is 16.3 Å². The van der Waals surface area contributed by atoms with Crippen molar-refractivity contribution in [1.82, 2.24) is 5.32 Å². The predicted octanol–water partition coefficient (Wildman–Crippen LogP) is 5.40. The van der Waals surface area contributed by atoms with Crippen LogP contribution < -0.4 is 5.32 Å². The lowest BCUT2D eigenvalue weighted by Crippen LogP contribution is -2.14. The fourth-order valence-corrected chi connectivity index (χ4v) is 3.81. The van der Waals surface area contributed by atoms with Gasteiger partial charge in [0.2, 0.25) is 0 Å². The molecule has 1 N–H and O–H groups in total. The van der Waals surface area contributed by atoms with Gasteiger partial charge in [-0.05, 0) is 56.3 Å². The van der Waals surface area contributed by atoms with Gasteiger partial charge in [0.1, 0.15) is 0 Å². The van der Waals surface area contributed by atoms with Crippen LogP contribution >= 0.6 is 11.3 Å². The van der Waals surface area contributed by atoms with Gasteiger partial charge in [0.25, 0.3) is 0 Å². The second-order valence-corrected chi connectivity index (χ2v) is 6.84. The van der Waals surface area contributed by atoms with E-state index < -0.39 is 0 Å². The van der Waals surface area contributed by atoms with Crippen LogP contribution in [0.25, 0.3) is 10.4 Å². The molecule has 0 aliphatic heterocycles. The molecule has 0 atom stereocenters. The lowest BCUT2D eigenvalue weighted by molar-refractivity contribution is 0.635. The van der Waals surface area contributed by atoms with Gasteiger partial charge in [-0.1, -0.05) is 42.0 Å². The zero-order chi connectivity index (χ0) is 14.3. The number of hydrogen-bond acceptors (Lipinski definition) is 2. The highest BCUT2D eigenvalue weighted by Gasteiger charge is 2.04. The quantitative estimate of drug-likeness (QED) is 0.556. The molecule has 21 heavy (non-hydrogen) atoms. The summed E-state index contributed by atoms with van der Waals surface area (Å²) in [5.74, 6) is 0. The van der Waals surface area contributed by atoms with E-state index in [4.69, 9.17) is 0 Å². The molecule has 1 nitrogen and oxygen atoms in total. The molecule has 1 aliphatic rings. The Kier molecular flexibility index (Phi) is 5.25. The van der Waals surface area contributed by atoms with E-state index in [9.17, 15) is 0 Å². The molecule has 0 bridgehead atoms. The van der Waals surface area contributed by atoms with Crippen molar-refractivity contribution < 1.29 is 0 Å². The molecule has 1 aromatic carbocycles. The summed E-state index contributed by atoms with van der Waals surface area (Å²) < 4.78 is 0. The number of hydrogen-bond donors (Lipinski definition) is 1. The van der Waals surface area contributed by atoms with Crippen LogP contribution in [0.3, 0.4) is 0 Å². The molecule has 0 amide bonds. The van der Waals surface area contributed by atoms with Crippen molar-refractivity contribution >= 4 is 11.3 Å². The zero-order valence-corrected chi connectivity index (χ0v) is 13.3. The first kappa shape index (κ1) is 14.6. The first-order valence-corrected chi connectivity index (χ1v) is 8.76. The molecule has 1 aromatic heterocycles. The maximum Gasteiger partial charge on any atom is 0.0346 e. The average molecular weight is 297 g/mol. The Morgan fingerprint density at radius 2 is 1.90 bits per heavy atom. The average Bonchev–Trinajstić information content (AvgIpc) is 3.02. The van der Waals surface area contributed by atoms with E-state index in [0.29, 0.717) is 0 Å². The van der Waals surface area contributed by atoms with Crippen LogP contribution in [0.4, 0.5) is 0 Å². The van der Waals surface area contributed by atoms with E-state index >= 15 is 0 Å². The van der Waals surface area contributed by atoms with Crippen molar-refractivity contribution in [3.05, 3.63) is 59.0 Å². The minimum Gasteiger partial charge on any atom is -0.312 e. The van der Waals surface area contributed by atoms with Gasteiger partial charge in [-0.15, -0.1) is 11.3 Å². The first-order valence-electron chi connectivity index (χ1n) is 7.94. The minimum absolute atomic E-state index is 0.991. The summed E-state index contributed by atoms with van der Waals surface area (Å²) >= 11 is 1.89. The Morgan fingerprint density at radius 3 is 2.71 bits per heavy atom. The summed E-state index contributed by atoms with van der Waals surface area (Å²) in [5, 5.41) is 3.58. The summed E-state index contributed by atoms with van der Waals surface area (Å²) in [6.07, 6.45) is 9.05. The topological polar surface area (TPSA) is 12.0 Å². The Hall–Kier alpha value is -1.38. The van der Waals surface area contributed by atoms with Gasteiger partial charge in [-0.3, -0.25) is 0 Å². The summed E-state index contributed by atoms with van der Waals surface area (Å²) in [7, 11) is 0. The van der Waals surface area contributed by atoms with E-state index in [1.165, 1.54) is 47.4 Å². The third-order valence-electron chi connectivity index (χ3n) is 4.03. The Bertz CT molecular complexity index is 583. The van der Waals surface area contributed by atoms with Crippen molar-refractivity contribution in [3.63, 3.8) is 0 Å². The third-order valence-corrected chi connectivity index (χ3v) is 5.16. The van der Waals surface area contributed by atoms with Crippen molar-refractivity contribution in [2.45, 2.75) is 38.6 Å². The monoisotopic (exact) mass is 297 g/mol. The first-order chi connectivity index (χ1) is 10.4. The van der Waals surface area contributed by atoms with Crippen LogP contribution in [0.5, 0.6) is 0 Å². The van der Waals surface area contributed by atoms with Crippen LogP contribution in [-0.4, -0.2) is 6.54 Å². The van der Waals surface area contributed by atoms with E-state index in [-0.39, 0.29) is 0 Å². The van der Waals surface area contributed by atoms with Gasteiger partial charge < -0.3 is 5.32 Å². The van der Waals surface area contributed by atoms with Crippen LogP contribution in [0, 0.1) is 0 Å². The van der Waals surface area contributed by atoms with Crippen LogP contribution in [0.1, 0.15) is 37.0 Å². The molecular formula is C19H23NS. The second kappa shape index (κ2) is 7.58. The maximum absolute atomic E-state index is 3.58. The van der Waals surface area contributed by atoms with Gasteiger partial charge >= 0.3 is 0 Å². The Balaban J connectivity index is 1.46. The molecule has 3 rings (SSSR count). The number of allylic oxidation sites excluding steroid dienone is 1. The van der Waals surface area contributed by atoms with Gasteiger partial charge in [-0.25, -0.2) is 0 Å². The molecule has 0 radical (unpaired) electrons. The molecule has 2 heteroatoms. The fourth-order valence-electron chi connectivity index (χ4n) is 2.82. The Morgan fingerprint density at radius 1 is 1.00 bits per heavy atom. The molecule has 1 heterocycles. The molecule has 0 saturated carbocycles. The van der Waals surface area contributed by atoms with Gasteiger partial charge in [0.05, 0.1) is 0 Å². The van der Waals surface area contributed by atoms with Crippen molar-refractivity contribution in [3.8, 4) is 10.4 Å². The SMILES string of the molecule is C1=C(CCNCc2ccc(-c3ccccc3)s2)CCCC1. The number of thiophene rings is 1. The summed E-state index contributed by atoms with van der Waals surface area (Å²) in [6, 6.07) is 15.1. The van der Waals surface area contributed by atoms with Crippen molar-refractivity contribution in [2.24, 2.45) is 0 Å². The number of benzene rings is 1. The highest BCUT2D eigenvalue weighted by Crippen LogP contribution is 2.27. The van der Waals surface area contributed by atoms with E-state index in [0.717, 1.165) is 13.1 Å². The normalized spacial score (nSPS) is 15.0. The summed E-state index contributed by atoms with van der Waals surface area (Å²) in [5.41, 5.74) is 2.98. The zero-order valence-electron chi connectivity index (χ0n) is 12.5. The van der Waals surface area contributed by atoms with Crippen LogP contribution in [0.15, 0.2) is 54.1 Å². The highest BCUT2D eigenvalue weighted by molar-refractivity contribution is 7.15. The molecule has 0 fully saturated rings. The molecule has 0 unspecified atom stereocenters. The highest BCUT2D eigenvalue weighted by atomic mass is 32.1. The molecule has 0 spiro atoms. The molecule has 2 aromatic rings. The van der Waals surface area contributed by atoms with E-state index in [2.05, 4.69) is 53.9 Å². The lowest BCUT2D eigenvalue weighted by Gasteiger charge is -2.12. The van der Waals surface area contributed by atoms with Crippen LogP contribution in [0.2, 0.25) is 0 Å². The standard InChI is InChI=1S/C19H23NS/c1-3-7-16(8-4-1)13-14-20-15-18-11-12-19(21-18)17-9-5-2-6-10-17/h2,5-7,9-12,20H,1,3-4,8,13-15H2. The second-order valence-electron chi connectivity index (χ2n) is 5.67. The lowest BCUT2D eigenvalue weighted by atomic mass is 9.97. The van der Waals surface area contributed by atoms with E-state index in [1.807, 2.05) is 11.3 Å². The van der Waals surface area contributed by atoms with Gasteiger partial charge in [-0.2, -0.15) is 0 Å². The third kappa shape index (κ3) is 4.29. The number of nitrogens with one attached hydrogen (secondary N) is 1.